The van der Waals surface area contributed by atoms with Gasteiger partial charge in [0.05, 0.1) is 11.6 Å². The van der Waals surface area contributed by atoms with Crippen molar-refractivity contribution in [2.45, 2.75) is 0 Å². The van der Waals surface area contributed by atoms with E-state index in [9.17, 15) is 0 Å². The van der Waals surface area contributed by atoms with Crippen molar-refractivity contribution in [1.82, 2.24) is 0 Å². The maximum absolute atomic E-state index is 9.01. The topological polar surface area (TPSA) is 36.9 Å². The number of benzene rings is 2. The van der Waals surface area contributed by atoms with Crippen LogP contribution in [0.3, 0.4) is 0 Å². The number of hydrogen-bond donors (Lipinski definition) is 0. The number of rotatable bonds is 0. The van der Waals surface area contributed by atoms with Crippen LogP contribution < -0.4 is 0 Å². The molecule has 0 unspecified atom stereocenters. The summed E-state index contributed by atoms with van der Waals surface area (Å²) in [6.07, 6.45) is 0. The molecule has 0 aliphatic rings. The minimum Gasteiger partial charge on any atom is -0.456 e. The number of hydrogen-bond acceptors (Lipinski definition) is 2. The van der Waals surface area contributed by atoms with Crippen molar-refractivity contribution in [3.8, 4) is 6.07 Å². The highest BCUT2D eigenvalue weighted by atomic mass is 16.3. The van der Waals surface area contributed by atoms with Crippen molar-refractivity contribution in [3.05, 3.63) is 48.0 Å². The number of nitriles is 1. The van der Waals surface area contributed by atoms with Crippen molar-refractivity contribution < 1.29 is 4.42 Å². The second-order valence-electron chi connectivity index (χ2n) is 3.31. The highest BCUT2D eigenvalue weighted by Gasteiger charge is 2.09. The van der Waals surface area contributed by atoms with Gasteiger partial charge in [-0.3, -0.25) is 0 Å². The second-order valence-corrected chi connectivity index (χ2v) is 3.31. The van der Waals surface area contributed by atoms with Crippen molar-refractivity contribution in [2.24, 2.45) is 0 Å². The Kier molecular flexibility index (Phi) is 1.54. The van der Waals surface area contributed by atoms with Gasteiger partial charge in [0.1, 0.15) is 11.2 Å². The normalized spacial score (nSPS) is 10.6. The molecule has 0 saturated carbocycles. The van der Waals surface area contributed by atoms with E-state index in [1.54, 1.807) is 12.1 Å². The monoisotopic (exact) mass is 192 g/mol. The quantitative estimate of drug-likeness (QED) is 0.548. The van der Waals surface area contributed by atoms with E-state index in [2.05, 4.69) is 12.1 Å². The number of fused-ring (bicyclic) bond motifs is 3. The molecule has 1 aromatic heterocycles. The molecule has 2 aromatic carbocycles. The van der Waals surface area contributed by atoms with Crippen LogP contribution in [0.1, 0.15) is 5.56 Å². The van der Waals surface area contributed by atoms with E-state index in [1.165, 1.54) is 0 Å². The van der Waals surface area contributed by atoms with E-state index < -0.39 is 0 Å². The lowest BCUT2D eigenvalue weighted by atomic mass is 10.1. The third-order valence-electron chi connectivity index (χ3n) is 2.46. The first-order valence-corrected chi connectivity index (χ1v) is 4.61. The molecule has 0 N–H and O–H groups in total. The fourth-order valence-corrected chi connectivity index (χ4v) is 1.81. The summed E-state index contributed by atoms with van der Waals surface area (Å²) in [6, 6.07) is 16.2. The molecule has 0 aliphatic heterocycles. The van der Waals surface area contributed by atoms with Gasteiger partial charge in [-0.15, -0.1) is 0 Å². The fraction of sp³-hybridized carbons (Fsp3) is 0. The predicted molar refractivity (Wildman–Crippen MR) is 57.3 cm³/mol. The van der Waals surface area contributed by atoms with Crippen LogP contribution in [0.2, 0.25) is 0 Å². The summed E-state index contributed by atoms with van der Waals surface area (Å²) < 4.78 is 5.62. The first-order valence-electron chi connectivity index (χ1n) is 4.61. The highest BCUT2D eigenvalue weighted by Crippen LogP contribution is 2.30. The smallest absolute Gasteiger partial charge is 0.136 e. The molecule has 0 atom stereocenters. The summed E-state index contributed by atoms with van der Waals surface area (Å²) in [5.41, 5.74) is 2.20. The van der Waals surface area contributed by atoms with Crippen LogP contribution >= 0.6 is 0 Å². The van der Waals surface area contributed by atoms with Gasteiger partial charge in [-0.05, 0) is 30.3 Å². The van der Waals surface area contributed by atoms with E-state index in [1.807, 2.05) is 24.3 Å². The molecule has 15 heavy (non-hydrogen) atoms. The molecule has 0 bridgehead atoms. The maximum Gasteiger partial charge on any atom is 0.136 e. The Morgan fingerprint density at radius 1 is 1.20 bits per heavy atom. The zero-order valence-electron chi connectivity index (χ0n) is 7.82. The molecule has 0 saturated heterocycles. The molecular formula is C13H6NO. The lowest BCUT2D eigenvalue weighted by molar-refractivity contribution is 0.669. The Bertz CT molecular complexity index is 688. The van der Waals surface area contributed by atoms with Gasteiger partial charge >= 0.3 is 0 Å². The Morgan fingerprint density at radius 3 is 3.00 bits per heavy atom. The van der Waals surface area contributed by atoms with Crippen molar-refractivity contribution in [2.75, 3.05) is 0 Å². The van der Waals surface area contributed by atoms with Gasteiger partial charge in [-0.25, -0.2) is 0 Å². The Balaban J connectivity index is 2.64. The van der Waals surface area contributed by atoms with Gasteiger partial charge < -0.3 is 4.42 Å². The van der Waals surface area contributed by atoms with Gasteiger partial charge in [0, 0.05) is 10.8 Å². The Hall–Kier alpha value is -2.27. The molecule has 3 rings (SSSR count). The van der Waals surface area contributed by atoms with Crippen LogP contribution in [0.5, 0.6) is 0 Å². The van der Waals surface area contributed by atoms with Crippen LogP contribution in [0.25, 0.3) is 21.9 Å². The van der Waals surface area contributed by atoms with Crippen molar-refractivity contribution >= 4 is 21.9 Å². The molecule has 0 fully saturated rings. The minimum atomic E-state index is 0.644. The fourth-order valence-electron chi connectivity index (χ4n) is 1.81. The highest BCUT2D eigenvalue weighted by molar-refractivity contribution is 6.07. The van der Waals surface area contributed by atoms with Crippen LogP contribution in [-0.2, 0) is 0 Å². The average molecular weight is 192 g/mol. The van der Waals surface area contributed by atoms with Crippen LogP contribution in [0.4, 0.5) is 0 Å². The zero-order valence-corrected chi connectivity index (χ0v) is 7.82. The zero-order chi connectivity index (χ0) is 10.3. The van der Waals surface area contributed by atoms with E-state index in [0.717, 1.165) is 21.9 Å². The lowest BCUT2D eigenvalue weighted by Crippen LogP contribution is -1.74. The van der Waals surface area contributed by atoms with Gasteiger partial charge in [0.25, 0.3) is 0 Å². The molecule has 69 valence electrons. The first-order chi connectivity index (χ1) is 7.40. The summed E-state index contributed by atoms with van der Waals surface area (Å²) >= 11 is 0. The predicted octanol–water partition coefficient (Wildman–Crippen LogP) is 3.26. The molecule has 2 heteroatoms. The van der Waals surface area contributed by atoms with Gasteiger partial charge in [0.2, 0.25) is 0 Å². The van der Waals surface area contributed by atoms with Crippen molar-refractivity contribution in [1.29, 1.82) is 5.26 Å². The van der Waals surface area contributed by atoms with Gasteiger partial charge in [-0.1, -0.05) is 12.1 Å². The summed E-state index contributed by atoms with van der Waals surface area (Å²) in [4.78, 5) is 0. The van der Waals surface area contributed by atoms with Crippen molar-refractivity contribution in [3.63, 3.8) is 0 Å². The summed E-state index contributed by atoms with van der Waals surface area (Å²) in [6.45, 7) is 0. The number of furan rings is 1. The van der Waals surface area contributed by atoms with Gasteiger partial charge in [0.15, 0.2) is 0 Å². The molecule has 3 aromatic rings. The first kappa shape index (κ1) is 8.07. The van der Waals surface area contributed by atoms with E-state index in [0.29, 0.717) is 5.56 Å². The Morgan fingerprint density at radius 2 is 2.13 bits per heavy atom. The lowest BCUT2D eigenvalue weighted by Gasteiger charge is -1.90. The SMILES string of the molecule is N#Cc1cccc2oc3cc[c]cc3c12. The molecule has 1 heterocycles. The second kappa shape index (κ2) is 2.86. The largest absolute Gasteiger partial charge is 0.456 e. The maximum atomic E-state index is 9.01. The average Bonchev–Trinajstić information content (AvgIpc) is 2.67. The Labute approximate surface area is 86.3 Å². The molecular weight excluding hydrogens is 186 g/mol. The van der Waals surface area contributed by atoms with Crippen LogP contribution in [0, 0.1) is 17.4 Å². The van der Waals surface area contributed by atoms with Gasteiger partial charge in [-0.2, -0.15) is 5.26 Å². The summed E-state index contributed by atoms with van der Waals surface area (Å²) in [5, 5.41) is 10.8. The molecule has 0 spiro atoms. The summed E-state index contributed by atoms with van der Waals surface area (Å²) in [7, 11) is 0. The molecule has 1 radical (unpaired) electrons. The molecule has 0 aliphatic carbocycles. The minimum absolute atomic E-state index is 0.644. The van der Waals surface area contributed by atoms with E-state index in [-0.39, 0.29) is 0 Å². The van der Waals surface area contributed by atoms with Crippen LogP contribution in [-0.4, -0.2) is 0 Å². The van der Waals surface area contributed by atoms with E-state index in [4.69, 9.17) is 9.68 Å². The standard InChI is InChI=1S/C13H6NO/c14-8-9-4-3-7-12-13(9)10-5-1-2-6-11(10)15-12/h2-7H. The van der Waals surface area contributed by atoms with Crippen LogP contribution in [0.15, 0.2) is 40.8 Å². The molecule has 2 nitrogen and oxygen atoms in total. The summed E-state index contributed by atoms with van der Waals surface area (Å²) in [5.74, 6) is 0. The number of nitrogens with zero attached hydrogens (tertiary/aromatic N) is 1. The van der Waals surface area contributed by atoms with E-state index >= 15 is 0 Å². The third kappa shape index (κ3) is 1.04. The molecule has 0 amide bonds. The third-order valence-corrected chi connectivity index (χ3v) is 2.46.